The normalized spacial score (nSPS) is 11.7. The van der Waals surface area contributed by atoms with Crippen LogP contribution in [0, 0.1) is 13.8 Å². The second kappa shape index (κ2) is 5.07. The van der Waals surface area contributed by atoms with E-state index in [-0.39, 0.29) is 11.4 Å². The molecule has 3 N–H and O–H groups in total. The first-order valence-electron chi connectivity index (χ1n) is 5.77. The number of aryl methyl sites for hydroxylation is 1. The molecule has 2 rings (SSSR count). The van der Waals surface area contributed by atoms with Gasteiger partial charge < -0.3 is 10.2 Å². The first-order chi connectivity index (χ1) is 8.90. The van der Waals surface area contributed by atoms with Crippen molar-refractivity contribution in [1.29, 1.82) is 0 Å². The number of rotatable bonds is 4. The summed E-state index contributed by atoms with van der Waals surface area (Å²) in [6.07, 6.45) is 3.00. The van der Waals surface area contributed by atoms with E-state index < -0.39 is 10.0 Å². The minimum atomic E-state index is -3.58. The Kier molecular flexibility index (Phi) is 3.64. The molecule has 0 aliphatic carbocycles. The van der Waals surface area contributed by atoms with Crippen LogP contribution in [-0.4, -0.2) is 8.42 Å². The summed E-state index contributed by atoms with van der Waals surface area (Å²) in [5, 5.41) is 0. The van der Waals surface area contributed by atoms with Gasteiger partial charge in [0.15, 0.2) is 0 Å². The maximum absolute atomic E-state index is 12.3. The summed E-state index contributed by atoms with van der Waals surface area (Å²) < 4.78 is 31.9. The van der Waals surface area contributed by atoms with E-state index in [4.69, 9.17) is 10.2 Å². The van der Waals surface area contributed by atoms with Crippen molar-refractivity contribution in [3.05, 3.63) is 47.4 Å². The Morgan fingerprint density at radius 2 is 2.05 bits per heavy atom. The van der Waals surface area contributed by atoms with E-state index in [2.05, 4.69) is 4.72 Å². The first-order valence-corrected chi connectivity index (χ1v) is 7.26. The van der Waals surface area contributed by atoms with Gasteiger partial charge in [-0.3, -0.25) is 0 Å². The lowest BCUT2D eigenvalue weighted by Gasteiger charge is -2.11. The Labute approximate surface area is 112 Å². The molecule has 1 heterocycles. The van der Waals surface area contributed by atoms with E-state index in [1.54, 1.807) is 25.1 Å². The largest absolute Gasteiger partial charge is 0.472 e. The molecule has 102 valence electrons. The lowest BCUT2D eigenvalue weighted by Crippen LogP contribution is -2.24. The zero-order chi connectivity index (χ0) is 14.0. The maximum Gasteiger partial charge on any atom is 0.241 e. The van der Waals surface area contributed by atoms with Gasteiger partial charge in [-0.1, -0.05) is 0 Å². The molecule has 0 aliphatic rings. The van der Waals surface area contributed by atoms with Crippen LogP contribution in [0.5, 0.6) is 0 Å². The van der Waals surface area contributed by atoms with E-state index >= 15 is 0 Å². The molecule has 2 aromatic rings. The molecule has 0 saturated heterocycles. The molecule has 0 radical (unpaired) electrons. The molecule has 0 fully saturated rings. The van der Waals surface area contributed by atoms with E-state index in [0.717, 1.165) is 11.1 Å². The molecule has 0 bridgehead atoms. The highest BCUT2D eigenvalue weighted by Crippen LogP contribution is 2.23. The van der Waals surface area contributed by atoms with Crippen LogP contribution < -0.4 is 10.5 Å². The molecule has 0 atom stereocenters. The average Bonchev–Trinajstić information content (AvgIpc) is 2.84. The Morgan fingerprint density at radius 1 is 1.32 bits per heavy atom. The summed E-state index contributed by atoms with van der Waals surface area (Å²) in [5.74, 6) is 0. The van der Waals surface area contributed by atoms with Gasteiger partial charge in [-0.15, -0.1) is 0 Å². The molecule has 0 amide bonds. The lowest BCUT2D eigenvalue weighted by molar-refractivity contribution is 0.561. The van der Waals surface area contributed by atoms with Gasteiger partial charge in [0.2, 0.25) is 10.0 Å². The standard InChI is InChI=1S/C13H16N2O3S/c1-9-5-12(14)10(2)13(6-9)19(16,17)15-7-11-3-4-18-8-11/h3-6,8,15H,7,14H2,1-2H3. The van der Waals surface area contributed by atoms with Crippen molar-refractivity contribution in [2.75, 3.05) is 5.73 Å². The topological polar surface area (TPSA) is 85.3 Å². The molecule has 0 aliphatic heterocycles. The molecular weight excluding hydrogens is 264 g/mol. The van der Waals surface area contributed by atoms with E-state index in [1.165, 1.54) is 12.5 Å². The quantitative estimate of drug-likeness (QED) is 0.838. The summed E-state index contributed by atoms with van der Waals surface area (Å²) in [7, 11) is -3.58. The van der Waals surface area contributed by atoms with Crippen molar-refractivity contribution >= 4 is 15.7 Å². The summed E-state index contributed by atoms with van der Waals surface area (Å²) in [6.45, 7) is 3.69. The van der Waals surface area contributed by atoms with Gasteiger partial charge in [0.25, 0.3) is 0 Å². The summed E-state index contributed by atoms with van der Waals surface area (Å²) >= 11 is 0. The SMILES string of the molecule is Cc1cc(N)c(C)c(S(=O)(=O)NCc2ccoc2)c1. The highest BCUT2D eigenvalue weighted by Gasteiger charge is 2.18. The average molecular weight is 280 g/mol. The first kappa shape index (κ1) is 13.6. The number of anilines is 1. The minimum Gasteiger partial charge on any atom is -0.472 e. The van der Waals surface area contributed by atoms with Gasteiger partial charge >= 0.3 is 0 Å². The van der Waals surface area contributed by atoms with Crippen LogP contribution in [-0.2, 0) is 16.6 Å². The molecule has 1 aromatic heterocycles. The second-order valence-electron chi connectivity index (χ2n) is 4.43. The number of hydrogen-bond acceptors (Lipinski definition) is 4. The van der Waals surface area contributed by atoms with Crippen LogP contribution in [0.3, 0.4) is 0 Å². The lowest BCUT2D eigenvalue weighted by atomic mass is 10.1. The van der Waals surface area contributed by atoms with E-state index in [0.29, 0.717) is 11.3 Å². The molecule has 1 aromatic carbocycles. The van der Waals surface area contributed by atoms with Crippen LogP contribution in [0.4, 0.5) is 5.69 Å². The van der Waals surface area contributed by atoms with Gasteiger partial charge in [-0.2, -0.15) is 0 Å². The fourth-order valence-electron chi connectivity index (χ4n) is 1.78. The molecule has 6 heteroatoms. The number of hydrogen-bond donors (Lipinski definition) is 2. The smallest absolute Gasteiger partial charge is 0.241 e. The highest BCUT2D eigenvalue weighted by molar-refractivity contribution is 7.89. The van der Waals surface area contributed by atoms with Gasteiger partial charge in [0.1, 0.15) is 0 Å². The Morgan fingerprint density at radius 3 is 2.68 bits per heavy atom. The predicted molar refractivity (Wildman–Crippen MR) is 73.1 cm³/mol. The van der Waals surface area contributed by atoms with Crippen molar-refractivity contribution in [3.8, 4) is 0 Å². The van der Waals surface area contributed by atoms with Crippen LogP contribution in [0.2, 0.25) is 0 Å². The summed E-state index contributed by atoms with van der Waals surface area (Å²) in [4.78, 5) is 0.216. The molecule has 5 nitrogen and oxygen atoms in total. The summed E-state index contributed by atoms with van der Waals surface area (Å²) in [6, 6.07) is 5.08. The third-order valence-corrected chi connectivity index (χ3v) is 4.41. The van der Waals surface area contributed by atoms with E-state index in [9.17, 15) is 8.42 Å². The van der Waals surface area contributed by atoms with Crippen LogP contribution in [0.15, 0.2) is 40.0 Å². The van der Waals surface area contributed by atoms with Gasteiger partial charge in [0.05, 0.1) is 17.4 Å². The summed E-state index contributed by atoms with van der Waals surface area (Å²) in [5.41, 5.74) is 8.42. The predicted octanol–water partition coefficient (Wildman–Crippen LogP) is 1.96. The minimum absolute atomic E-state index is 0.187. The molecule has 19 heavy (non-hydrogen) atoms. The number of furan rings is 1. The van der Waals surface area contributed by atoms with Crippen LogP contribution in [0.25, 0.3) is 0 Å². The molecule has 0 saturated carbocycles. The Bertz CT molecular complexity index is 676. The van der Waals surface area contributed by atoms with Crippen molar-refractivity contribution in [3.63, 3.8) is 0 Å². The number of nitrogens with two attached hydrogens (primary N) is 1. The number of sulfonamides is 1. The fraction of sp³-hybridized carbons (Fsp3) is 0.231. The number of benzene rings is 1. The Hall–Kier alpha value is -1.79. The van der Waals surface area contributed by atoms with Crippen LogP contribution in [0.1, 0.15) is 16.7 Å². The van der Waals surface area contributed by atoms with Crippen LogP contribution >= 0.6 is 0 Å². The molecule has 0 spiro atoms. The fourth-order valence-corrected chi connectivity index (χ4v) is 3.16. The van der Waals surface area contributed by atoms with Crippen molar-refractivity contribution in [2.45, 2.75) is 25.3 Å². The van der Waals surface area contributed by atoms with Gasteiger partial charge in [0, 0.05) is 17.8 Å². The van der Waals surface area contributed by atoms with Crippen molar-refractivity contribution in [2.24, 2.45) is 0 Å². The third-order valence-electron chi connectivity index (χ3n) is 2.88. The van der Waals surface area contributed by atoms with Gasteiger partial charge in [-0.05, 0) is 43.2 Å². The molecule has 0 unspecified atom stereocenters. The number of nitrogen functional groups attached to an aromatic ring is 1. The zero-order valence-electron chi connectivity index (χ0n) is 10.8. The zero-order valence-corrected chi connectivity index (χ0v) is 11.6. The van der Waals surface area contributed by atoms with E-state index in [1.807, 2.05) is 6.92 Å². The third kappa shape index (κ3) is 2.97. The Balaban J connectivity index is 2.29. The van der Waals surface area contributed by atoms with Crippen molar-refractivity contribution in [1.82, 2.24) is 4.72 Å². The van der Waals surface area contributed by atoms with Crippen molar-refractivity contribution < 1.29 is 12.8 Å². The molecular formula is C13H16N2O3S. The van der Waals surface area contributed by atoms with Gasteiger partial charge in [-0.25, -0.2) is 13.1 Å². The maximum atomic E-state index is 12.3. The second-order valence-corrected chi connectivity index (χ2v) is 6.17. The highest BCUT2D eigenvalue weighted by atomic mass is 32.2. The number of nitrogens with one attached hydrogen (secondary N) is 1. The monoisotopic (exact) mass is 280 g/mol.